The third-order valence-corrected chi connectivity index (χ3v) is 3.46. The maximum Gasteiger partial charge on any atom is 0.271 e. The van der Waals surface area contributed by atoms with Gasteiger partial charge in [0.1, 0.15) is 0 Å². The Balaban J connectivity index is 2.19. The average molecular weight is 346 g/mol. The molecule has 4 N–H and O–H groups in total. The van der Waals surface area contributed by atoms with E-state index in [1.807, 2.05) is 0 Å². The lowest BCUT2D eigenvalue weighted by atomic mass is 10.1. The summed E-state index contributed by atoms with van der Waals surface area (Å²) in [4.78, 5) is 12.1. The maximum atomic E-state index is 12.1. The molecule has 1 amide bonds. The van der Waals surface area contributed by atoms with Gasteiger partial charge >= 0.3 is 0 Å². The number of methoxy groups -OCH3 is 2. The van der Waals surface area contributed by atoms with E-state index in [2.05, 4.69) is 10.5 Å². The van der Waals surface area contributed by atoms with E-state index in [0.29, 0.717) is 22.8 Å². The van der Waals surface area contributed by atoms with Crippen LogP contribution in [0.4, 0.5) is 0 Å². The Morgan fingerprint density at radius 2 is 1.56 bits per heavy atom. The van der Waals surface area contributed by atoms with Crippen LogP contribution in [0.2, 0.25) is 0 Å². The number of nitrogens with zero attached hydrogens (tertiary/aromatic N) is 1. The highest BCUT2D eigenvalue weighted by Gasteiger charge is 2.13. The van der Waals surface area contributed by atoms with Gasteiger partial charge in [-0.25, -0.2) is 5.43 Å². The van der Waals surface area contributed by atoms with Crippen molar-refractivity contribution in [2.45, 2.75) is 6.92 Å². The molecule has 0 aliphatic heterocycles. The summed E-state index contributed by atoms with van der Waals surface area (Å²) in [6.07, 6.45) is 0. The van der Waals surface area contributed by atoms with Crippen LogP contribution >= 0.6 is 0 Å². The van der Waals surface area contributed by atoms with Crippen molar-refractivity contribution in [3.8, 4) is 28.7 Å². The van der Waals surface area contributed by atoms with E-state index in [0.717, 1.165) is 12.1 Å². The van der Waals surface area contributed by atoms with Crippen molar-refractivity contribution >= 4 is 11.6 Å². The molecule has 0 atom stereocenters. The molecule has 0 unspecified atom stereocenters. The van der Waals surface area contributed by atoms with Gasteiger partial charge in [0.2, 0.25) is 0 Å². The second kappa shape index (κ2) is 7.43. The highest BCUT2D eigenvalue weighted by molar-refractivity contribution is 6.01. The maximum absolute atomic E-state index is 12.1. The number of aromatic hydroxyl groups is 3. The van der Waals surface area contributed by atoms with Crippen molar-refractivity contribution in [3.63, 3.8) is 0 Å². The van der Waals surface area contributed by atoms with Crippen LogP contribution < -0.4 is 14.9 Å². The van der Waals surface area contributed by atoms with E-state index in [1.54, 1.807) is 25.1 Å². The first-order valence-electron chi connectivity index (χ1n) is 7.19. The summed E-state index contributed by atoms with van der Waals surface area (Å²) in [6, 6.07) is 7.22. The van der Waals surface area contributed by atoms with E-state index >= 15 is 0 Å². The van der Waals surface area contributed by atoms with Gasteiger partial charge in [-0.05, 0) is 37.3 Å². The Morgan fingerprint density at radius 1 is 0.960 bits per heavy atom. The molecule has 8 heteroatoms. The number of carbonyl (C=O) groups excluding carboxylic acids is 1. The van der Waals surface area contributed by atoms with Crippen molar-refractivity contribution in [1.29, 1.82) is 0 Å². The normalized spacial score (nSPS) is 11.1. The lowest BCUT2D eigenvalue weighted by Crippen LogP contribution is -2.19. The highest BCUT2D eigenvalue weighted by atomic mass is 16.5. The van der Waals surface area contributed by atoms with E-state index in [1.165, 1.54) is 14.2 Å². The second-order valence-corrected chi connectivity index (χ2v) is 5.07. The van der Waals surface area contributed by atoms with Gasteiger partial charge in [0.25, 0.3) is 5.91 Å². The SMILES string of the molecule is COc1ccc(/C(C)=N/NC(=O)c2cc(O)c(O)c(O)c2)cc1OC. The zero-order valence-electron chi connectivity index (χ0n) is 13.9. The molecule has 0 spiro atoms. The molecule has 0 aliphatic rings. The molecule has 0 bridgehead atoms. The minimum atomic E-state index is -0.693. The number of amides is 1. The van der Waals surface area contributed by atoms with E-state index in [4.69, 9.17) is 9.47 Å². The molecule has 25 heavy (non-hydrogen) atoms. The summed E-state index contributed by atoms with van der Waals surface area (Å²) in [5.74, 6) is -1.48. The number of hydrazone groups is 1. The Labute approximate surface area is 143 Å². The topological polar surface area (TPSA) is 121 Å². The molecule has 0 aliphatic carbocycles. The van der Waals surface area contributed by atoms with E-state index in [-0.39, 0.29) is 5.56 Å². The number of rotatable bonds is 5. The lowest BCUT2D eigenvalue weighted by Gasteiger charge is -2.09. The molecule has 2 rings (SSSR count). The fraction of sp³-hybridized carbons (Fsp3) is 0.176. The highest BCUT2D eigenvalue weighted by Crippen LogP contribution is 2.35. The molecule has 0 saturated heterocycles. The van der Waals surface area contributed by atoms with Gasteiger partial charge in [-0.1, -0.05) is 0 Å². The van der Waals surface area contributed by atoms with Gasteiger partial charge in [-0.15, -0.1) is 0 Å². The molecule has 0 saturated carbocycles. The van der Waals surface area contributed by atoms with Crippen molar-refractivity contribution in [3.05, 3.63) is 41.5 Å². The largest absolute Gasteiger partial charge is 0.504 e. The monoisotopic (exact) mass is 346 g/mol. The molecule has 2 aromatic rings. The van der Waals surface area contributed by atoms with E-state index < -0.39 is 23.2 Å². The third-order valence-electron chi connectivity index (χ3n) is 3.46. The Hall–Kier alpha value is -3.42. The van der Waals surface area contributed by atoms with Crippen LogP contribution in [0.1, 0.15) is 22.8 Å². The predicted octanol–water partition coefficient (Wildman–Crippen LogP) is 1.97. The molecular formula is C17H18N2O6. The molecule has 0 aromatic heterocycles. The second-order valence-electron chi connectivity index (χ2n) is 5.07. The molecule has 0 fully saturated rings. The van der Waals surface area contributed by atoms with Gasteiger partial charge in [-0.3, -0.25) is 4.79 Å². The summed E-state index contributed by atoms with van der Waals surface area (Å²) in [5, 5.41) is 32.1. The van der Waals surface area contributed by atoms with Crippen LogP contribution in [0, 0.1) is 0 Å². The van der Waals surface area contributed by atoms with Gasteiger partial charge in [0.05, 0.1) is 19.9 Å². The van der Waals surface area contributed by atoms with Crippen molar-refractivity contribution in [2.24, 2.45) is 5.10 Å². The zero-order chi connectivity index (χ0) is 18.6. The number of hydrogen-bond acceptors (Lipinski definition) is 7. The van der Waals surface area contributed by atoms with Crippen LogP contribution in [0.5, 0.6) is 28.7 Å². The number of hydrogen-bond donors (Lipinski definition) is 4. The zero-order valence-corrected chi connectivity index (χ0v) is 13.9. The fourth-order valence-corrected chi connectivity index (χ4v) is 2.06. The number of ether oxygens (including phenoxy) is 2. The van der Waals surface area contributed by atoms with Crippen molar-refractivity contribution in [2.75, 3.05) is 14.2 Å². The van der Waals surface area contributed by atoms with Crippen LogP contribution in [0.15, 0.2) is 35.4 Å². The van der Waals surface area contributed by atoms with Crippen LogP contribution in [-0.4, -0.2) is 41.2 Å². The van der Waals surface area contributed by atoms with Crippen molar-refractivity contribution in [1.82, 2.24) is 5.43 Å². The first-order chi connectivity index (χ1) is 11.9. The van der Waals surface area contributed by atoms with Gasteiger partial charge < -0.3 is 24.8 Å². The van der Waals surface area contributed by atoms with Crippen LogP contribution in [0.3, 0.4) is 0 Å². The van der Waals surface area contributed by atoms with Crippen molar-refractivity contribution < 1.29 is 29.6 Å². The number of phenolic OH excluding ortho intramolecular Hbond substituents is 3. The summed E-state index contributed by atoms with van der Waals surface area (Å²) in [6.45, 7) is 1.69. The average Bonchev–Trinajstić information content (AvgIpc) is 2.62. The number of carbonyl (C=O) groups is 1. The van der Waals surface area contributed by atoms with E-state index in [9.17, 15) is 20.1 Å². The summed E-state index contributed by atoms with van der Waals surface area (Å²) >= 11 is 0. The fourth-order valence-electron chi connectivity index (χ4n) is 2.06. The van der Waals surface area contributed by atoms with Crippen LogP contribution in [0.25, 0.3) is 0 Å². The number of nitrogens with one attached hydrogen (secondary N) is 1. The minimum absolute atomic E-state index is 0.0586. The van der Waals surface area contributed by atoms with Crippen LogP contribution in [-0.2, 0) is 0 Å². The first kappa shape index (κ1) is 17.9. The number of phenols is 3. The smallest absolute Gasteiger partial charge is 0.271 e. The first-order valence-corrected chi connectivity index (χ1v) is 7.19. The molecule has 132 valence electrons. The Kier molecular flexibility index (Phi) is 5.33. The Morgan fingerprint density at radius 3 is 2.12 bits per heavy atom. The Bertz CT molecular complexity index is 809. The summed E-state index contributed by atoms with van der Waals surface area (Å²) < 4.78 is 10.4. The predicted molar refractivity (Wildman–Crippen MR) is 90.7 cm³/mol. The minimum Gasteiger partial charge on any atom is -0.504 e. The molecule has 2 aromatic carbocycles. The summed E-state index contributed by atoms with van der Waals surface area (Å²) in [7, 11) is 3.04. The number of benzene rings is 2. The quantitative estimate of drug-likeness (QED) is 0.373. The molecule has 8 nitrogen and oxygen atoms in total. The lowest BCUT2D eigenvalue weighted by molar-refractivity contribution is 0.0954. The molecular weight excluding hydrogens is 328 g/mol. The molecule has 0 radical (unpaired) electrons. The third kappa shape index (κ3) is 3.92. The summed E-state index contributed by atoms with van der Waals surface area (Å²) in [5.41, 5.74) is 3.46. The molecule has 0 heterocycles. The van der Waals surface area contributed by atoms with Gasteiger partial charge in [-0.2, -0.15) is 5.10 Å². The standard InChI is InChI=1S/C17H18N2O6/c1-9(10-4-5-14(24-2)15(8-10)25-3)18-19-17(23)11-6-12(20)16(22)13(21)7-11/h4-8,20-22H,1-3H3,(H,19,23)/b18-9+. The van der Waals surface area contributed by atoms with Gasteiger partial charge in [0, 0.05) is 11.1 Å². The van der Waals surface area contributed by atoms with Gasteiger partial charge in [0.15, 0.2) is 28.7 Å².